The molecule has 0 atom stereocenters. The fourth-order valence-corrected chi connectivity index (χ4v) is 3.24. The molecule has 0 N–H and O–H groups in total. The van der Waals surface area contributed by atoms with E-state index in [2.05, 4.69) is 39.8 Å². The summed E-state index contributed by atoms with van der Waals surface area (Å²) in [6, 6.07) is 4.37. The van der Waals surface area contributed by atoms with Crippen molar-refractivity contribution >= 4 is 5.78 Å². The minimum Gasteiger partial charge on any atom is -0.496 e. The van der Waals surface area contributed by atoms with Crippen molar-refractivity contribution in [3.05, 3.63) is 28.8 Å². The van der Waals surface area contributed by atoms with Crippen molar-refractivity contribution < 1.29 is 9.53 Å². The Hall–Kier alpha value is -1.31. The molecule has 0 radical (unpaired) electrons. The summed E-state index contributed by atoms with van der Waals surface area (Å²) < 4.78 is 5.52. The van der Waals surface area contributed by atoms with Gasteiger partial charge in [0.1, 0.15) is 11.5 Å². The highest BCUT2D eigenvalue weighted by molar-refractivity contribution is 5.79. The zero-order chi connectivity index (χ0) is 15.1. The van der Waals surface area contributed by atoms with Crippen LogP contribution in [0.15, 0.2) is 12.1 Å². The van der Waals surface area contributed by atoms with Crippen molar-refractivity contribution in [2.45, 2.75) is 64.7 Å². The van der Waals surface area contributed by atoms with Crippen molar-refractivity contribution in [1.29, 1.82) is 0 Å². The molecule has 0 saturated carbocycles. The average molecular weight is 274 g/mol. The van der Waals surface area contributed by atoms with Gasteiger partial charge in [0.25, 0.3) is 0 Å². The maximum Gasteiger partial charge on any atom is 0.134 e. The number of benzene rings is 1. The minimum absolute atomic E-state index is 0.169. The summed E-state index contributed by atoms with van der Waals surface area (Å²) in [5, 5.41) is 0. The molecule has 0 heterocycles. The Morgan fingerprint density at radius 1 is 1.10 bits per heavy atom. The maximum atomic E-state index is 11.5. The van der Waals surface area contributed by atoms with E-state index in [0.29, 0.717) is 6.42 Å². The van der Waals surface area contributed by atoms with E-state index in [9.17, 15) is 4.79 Å². The molecule has 1 aliphatic carbocycles. The molecule has 20 heavy (non-hydrogen) atoms. The molecule has 0 saturated heterocycles. The summed E-state index contributed by atoms with van der Waals surface area (Å²) in [4.78, 5) is 11.5. The monoisotopic (exact) mass is 274 g/mol. The van der Waals surface area contributed by atoms with Gasteiger partial charge in [0.05, 0.1) is 7.11 Å². The summed E-state index contributed by atoms with van der Waals surface area (Å²) in [6.45, 7) is 10.8. The van der Waals surface area contributed by atoms with Gasteiger partial charge in [-0.1, -0.05) is 33.8 Å². The second kappa shape index (κ2) is 4.91. The molecular formula is C18H26O2. The molecule has 1 aliphatic rings. The van der Waals surface area contributed by atoms with Crippen LogP contribution in [0.4, 0.5) is 0 Å². The summed E-state index contributed by atoms with van der Waals surface area (Å²) in [6.07, 6.45) is 2.81. The van der Waals surface area contributed by atoms with Crippen LogP contribution < -0.4 is 4.74 Å². The summed E-state index contributed by atoms with van der Waals surface area (Å²) in [7, 11) is 1.69. The van der Waals surface area contributed by atoms with E-state index in [1.54, 1.807) is 14.0 Å². The van der Waals surface area contributed by atoms with Crippen LogP contribution in [0.25, 0.3) is 0 Å². The summed E-state index contributed by atoms with van der Waals surface area (Å²) in [5.74, 6) is 1.03. The van der Waals surface area contributed by atoms with E-state index in [1.807, 2.05) is 0 Å². The van der Waals surface area contributed by atoms with E-state index < -0.39 is 0 Å². The number of ketones is 1. The van der Waals surface area contributed by atoms with Crippen LogP contribution in [0, 0.1) is 0 Å². The lowest BCUT2D eigenvalue weighted by atomic mass is 9.63. The predicted octanol–water partition coefficient (Wildman–Crippen LogP) is 4.18. The zero-order valence-corrected chi connectivity index (χ0v) is 13.6. The number of carbonyl (C=O) groups is 1. The van der Waals surface area contributed by atoms with Crippen LogP contribution in [0.2, 0.25) is 0 Å². The second-order valence-electron chi connectivity index (χ2n) is 7.36. The van der Waals surface area contributed by atoms with Crippen molar-refractivity contribution in [2.75, 3.05) is 7.11 Å². The van der Waals surface area contributed by atoms with E-state index in [0.717, 1.165) is 11.3 Å². The molecule has 0 aromatic heterocycles. The molecule has 0 spiro atoms. The Labute approximate surface area is 122 Å². The van der Waals surface area contributed by atoms with Crippen LogP contribution >= 0.6 is 0 Å². The quantitative estimate of drug-likeness (QED) is 0.826. The molecule has 0 unspecified atom stereocenters. The third-order valence-corrected chi connectivity index (χ3v) is 4.69. The van der Waals surface area contributed by atoms with Gasteiger partial charge >= 0.3 is 0 Å². The van der Waals surface area contributed by atoms with Gasteiger partial charge in [-0.3, -0.25) is 4.79 Å². The normalized spacial score (nSPS) is 19.3. The lowest BCUT2D eigenvalue weighted by molar-refractivity contribution is -0.116. The van der Waals surface area contributed by atoms with Gasteiger partial charge in [-0.15, -0.1) is 0 Å². The first-order chi connectivity index (χ1) is 9.17. The van der Waals surface area contributed by atoms with Gasteiger partial charge in [0.2, 0.25) is 0 Å². The van der Waals surface area contributed by atoms with Crippen LogP contribution in [0.3, 0.4) is 0 Å². The van der Waals surface area contributed by atoms with E-state index in [1.165, 1.54) is 24.0 Å². The zero-order valence-electron chi connectivity index (χ0n) is 13.6. The van der Waals surface area contributed by atoms with Crippen LogP contribution in [0.1, 0.15) is 64.2 Å². The molecule has 0 aliphatic heterocycles. The number of hydrogen-bond acceptors (Lipinski definition) is 2. The molecule has 1 aromatic carbocycles. The Bertz CT molecular complexity index is 539. The number of rotatable bonds is 3. The van der Waals surface area contributed by atoms with Gasteiger partial charge in [0, 0.05) is 12.0 Å². The van der Waals surface area contributed by atoms with Crippen LogP contribution in [0.5, 0.6) is 5.75 Å². The van der Waals surface area contributed by atoms with Crippen LogP contribution in [-0.2, 0) is 22.0 Å². The maximum absolute atomic E-state index is 11.5. The molecule has 2 rings (SSSR count). The van der Waals surface area contributed by atoms with Crippen molar-refractivity contribution in [2.24, 2.45) is 0 Å². The molecule has 2 nitrogen and oxygen atoms in total. The number of fused-ring (bicyclic) bond motifs is 1. The number of methoxy groups -OCH3 is 1. The fourth-order valence-electron chi connectivity index (χ4n) is 3.24. The number of carbonyl (C=O) groups excluding carboxylic acids is 1. The third kappa shape index (κ3) is 2.61. The Morgan fingerprint density at radius 3 is 2.05 bits per heavy atom. The van der Waals surface area contributed by atoms with Gasteiger partial charge < -0.3 is 4.74 Å². The number of hydrogen-bond donors (Lipinski definition) is 0. The van der Waals surface area contributed by atoms with Gasteiger partial charge in [-0.25, -0.2) is 0 Å². The second-order valence-corrected chi connectivity index (χ2v) is 7.36. The summed E-state index contributed by atoms with van der Waals surface area (Å²) in [5.41, 5.74) is 4.11. The number of Topliss-reactive ketones (excluding diaryl/α,β-unsaturated/α-hetero) is 1. The molecular weight excluding hydrogens is 248 g/mol. The largest absolute Gasteiger partial charge is 0.496 e. The Balaban J connectivity index is 2.64. The average Bonchev–Trinajstić information content (AvgIpc) is 2.34. The highest BCUT2D eigenvalue weighted by Gasteiger charge is 2.37. The minimum atomic E-state index is 0.169. The van der Waals surface area contributed by atoms with E-state index in [4.69, 9.17) is 4.74 Å². The number of ether oxygens (including phenoxy) is 1. The standard InChI is InChI=1S/C18H26O2/c1-12(19)9-13-10-14-15(11-16(13)20-6)18(4,5)8-7-17(14,2)3/h10-11H,7-9H2,1-6H3. The van der Waals surface area contributed by atoms with Crippen molar-refractivity contribution in [1.82, 2.24) is 0 Å². The first-order valence-corrected chi connectivity index (χ1v) is 7.39. The van der Waals surface area contributed by atoms with Crippen molar-refractivity contribution in [3.63, 3.8) is 0 Å². The van der Waals surface area contributed by atoms with Gasteiger partial charge in [-0.05, 0) is 47.8 Å². The highest BCUT2D eigenvalue weighted by Crippen LogP contribution is 2.47. The molecule has 2 heteroatoms. The molecule has 110 valence electrons. The predicted molar refractivity (Wildman–Crippen MR) is 82.7 cm³/mol. The Kier molecular flexibility index (Phi) is 3.70. The fraction of sp³-hybridized carbons (Fsp3) is 0.611. The topological polar surface area (TPSA) is 26.3 Å². The lowest BCUT2D eigenvalue weighted by Crippen LogP contribution is -2.34. The first-order valence-electron chi connectivity index (χ1n) is 7.39. The SMILES string of the molecule is COc1cc2c(cc1CC(C)=O)C(C)(C)CCC2(C)C. The lowest BCUT2D eigenvalue weighted by Gasteiger charge is -2.42. The summed E-state index contributed by atoms with van der Waals surface area (Å²) >= 11 is 0. The first kappa shape index (κ1) is 15.1. The van der Waals surface area contributed by atoms with Gasteiger partial charge in [-0.2, -0.15) is 0 Å². The van der Waals surface area contributed by atoms with Gasteiger partial charge in [0.15, 0.2) is 0 Å². The molecule has 0 fully saturated rings. The Morgan fingerprint density at radius 2 is 1.60 bits per heavy atom. The molecule has 0 amide bonds. The van der Waals surface area contributed by atoms with E-state index in [-0.39, 0.29) is 16.6 Å². The van der Waals surface area contributed by atoms with Crippen molar-refractivity contribution in [3.8, 4) is 5.75 Å². The van der Waals surface area contributed by atoms with E-state index >= 15 is 0 Å². The van der Waals surface area contributed by atoms with Crippen LogP contribution in [-0.4, -0.2) is 12.9 Å². The third-order valence-electron chi connectivity index (χ3n) is 4.69. The molecule has 1 aromatic rings. The highest BCUT2D eigenvalue weighted by atomic mass is 16.5. The molecule has 0 bridgehead atoms. The smallest absolute Gasteiger partial charge is 0.134 e.